The molecule has 0 saturated carbocycles. The smallest absolute Gasteiger partial charge is 0.305 e. The largest absolute Gasteiger partial charge is 0.488 e. The van der Waals surface area contributed by atoms with Gasteiger partial charge in [-0.2, -0.15) is 5.26 Å². The number of aliphatic carboxylic acids is 1. The quantitative estimate of drug-likeness (QED) is 0.137. The van der Waals surface area contributed by atoms with Crippen molar-refractivity contribution in [3.63, 3.8) is 0 Å². The second-order valence-corrected chi connectivity index (χ2v) is 11.1. The fourth-order valence-corrected chi connectivity index (χ4v) is 5.24. The molecule has 5 rings (SSSR count). The van der Waals surface area contributed by atoms with Crippen LogP contribution in [0.25, 0.3) is 11.1 Å². The molecule has 1 heterocycles. The number of carboxylic acids is 1. The molecule has 46 heavy (non-hydrogen) atoms. The van der Waals surface area contributed by atoms with E-state index in [0.29, 0.717) is 61.6 Å². The average molecular weight is 643 g/mol. The molecule has 9 nitrogen and oxygen atoms in total. The summed E-state index contributed by atoms with van der Waals surface area (Å²) in [5.41, 5.74) is 6.41. The van der Waals surface area contributed by atoms with Crippen LogP contribution in [0.4, 0.5) is 0 Å². The zero-order valence-corrected chi connectivity index (χ0v) is 26.3. The molecular weight excluding hydrogens is 608 g/mol. The van der Waals surface area contributed by atoms with Crippen LogP contribution in [0.2, 0.25) is 5.02 Å². The van der Waals surface area contributed by atoms with Crippen LogP contribution >= 0.6 is 11.6 Å². The molecule has 0 bridgehead atoms. The van der Waals surface area contributed by atoms with Gasteiger partial charge in [0.25, 0.3) is 0 Å². The number of nitrogens with zero attached hydrogens (tertiary/aromatic N) is 1. The van der Waals surface area contributed by atoms with Crippen molar-refractivity contribution < 1.29 is 33.6 Å². The van der Waals surface area contributed by atoms with Gasteiger partial charge >= 0.3 is 5.97 Å². The van der Waals surface area contributed by atoms with E-state index in [0.717, 1.165) is 44.9 Å². The third-order valence-corrected chi connectivity index (χ3v) is 7.74. The van der Waals surface area contributed by atoms with Gasteiger partial charge in [0.15, 0.2) is 11.5 Å². The highest BCUT2D eigenvalue weighted by Gasteiger charge is 2.16. The summed E-state index contributed by atoms with van der Waals surface area (Å²) in [6.07, 6.45) is -0.0374. The summed E-state index contributed by atoms with van der Waals surface area (Å²) in [6, 6.07) is 25.1. The third-order valence-electron chi connectivity index (χ3n) is 7.45. The van der Waals surface area contributed by atoms with Crippen molar-refractivity contribution in [1.29, 1.82) is 5.26 Å². The van der Waals surface area contributed by atoms with Crippen LogP contribution in [0.5, 0.6) is 23.0 Å². The molecule has 10 heteroatoms. The number of fused-ring (bicyclic) bond motifs is 1. The predicted octanol–water partition coefficient (Wildman–Crippen LogP) is 6.70. The van der Waals surface area contributed by atoms with Crippen molar-refractivity contribution in [3.8, 4) is 40.2 Å². The number of carbonyl (C=O) groups is 1. The van der Waals surface area contributed by atoms with E-state index in [1.807, 2.05) is 48.5 Å². The summed E-state index contributed by atoms with van der Waals surface area (Å²) < 4.78 is 29.3. The maximum absolute atomic E-state index is 10.7. The van der Waals surface area contributed by atoms with Crippen LogP contribution in [0.1, 0.15) is 34.2 Å². The topological polar surface area (TPSA) is 119 Å². The van der Waals surface area contributed by atoms with E-state index in [4.69, 9.17) is 40.4 Å². The van der Waals surface area contributed by atoms with Crippen molar-refractivity contribution in [2.24, 2.45) is 0 Å². The molecule has 0 unspecified atom stereocenters. The minimum atomic E-state index is -0.894. The van der Waals surface area contributed by atoms with E-state index in [1.54, 1.807) is 18.2 Å². The van der Waals surface area contributed by atoms with Crippen LogP contribution in [0.3, 0.4) is 0 Å². The highest BCUT2D eigenvalue weighted by Crippen LogP contribution is 2.37. The van der Waals surface area contributed by atoms with E-state index < -0.39 is 5.97 Å². The zero-order valence-electron chi connectivity index (χ0n) is 25.5. The van der Waals surface area contributed by atoms with Crippen molar-refractivity contribution in [3.05, 3.63) is 106 Å². The van der Waals surface area contributed by atoms with Gasteiger partial charge in [0.05, 0.1) is 36.3 Å². The van der Waals surface area contributed by atoms with E-state index in [-0.39, 0.29) is 19.6 Å². The molecule has 0 atom stereocenters. The van der Waals surface area contributed by atoms with Gasteiger partial charge in [-0.1, -0.05) is 48.0 Å². The summed E-state index contributed by atoms with van der Waals surface area (Å²) in [5, 5.41) is 21.8. The Morgan fingerprint density at radius 1 is 0.935 bits per heavy atom. The van der Waals surface area contributed by atoms with Gasteiger partial charge in [-0.3, -0.25) is 4.79 Å². The molecular formula is C36H35ClN2O7. The number of hydrogen-bond acceptors (Lipinski definition) is 8. The fraction of sp³-hybridized carbons (Fsp3) is 0.278. The second-order valence-electron chi connectivity index (χ2n) is 10.7. The molecule has 0 saturated heterocycles. The summed E-state index contributed by atoms with van der Waals surface area (Å²) >= 11 is 6.72. The summed E-state index contributed by atoms with van der Waals surface area (Å²) in [6.45, 7) is 5.15. The van der Waals surface area contributed by atoms with Crippen LogP contribution in [-0.2, 0) is 29.3 Å². The average Bonchev–Trinajstić information content (AvgIpc) is 3.07. The van der Waals surface area contributed by atoms with E-state index >= 15 is 0 Å². The van der Waals surface area contributed by atoms with Crippen molar-refractivity contribution in [1.82, 2.24) is 5.32 Å². The van der Waals surface area contributed by atoms with Crippen molar-refractivity contribution in [2.45, 2.75) is 33.1 Å². The third kappa shape index (κ3) is 8.70. The Labute approximate surface area is 273 Å². The second kappa shape index (κ2) is 16.0. The van der Waals surface area contributed by atoms with Crippen LogP contribution < -0.4 is 24.3 Å². The Morgan fingerprint density at radius 3 is 2.57 bits per heavy atom. The normalized spacial score (nSPS) is 11.9. The number of ether oxygens (including phenoxy) is 5. The fourth-order valence-electron chi connectivity index (χ4n) is 5.00. The Bertz CT molecular complexity index is 1720. The van der Waals surface area contributed by atoms with Crippen molar-refractivity contribution >= 4 is 17.6 Å². The molecule has 0 spiro atoms. The predicted molar refractivity (Wildman–Crippen MR) is 174 cm³/mol. The summed E-state index contributed by atoms with van der Waals surface area (Å²) in [4.78, 5) is 10.7. The number of benzene rings is 4. The summed E-state index contributed by atoms with van der Waals surface area (Å²) in [7, 11) is 0. The van der Waals surface area contributed by atoms with E-state index in [1.165, 1.54) is 0 Å². The first-order valence-corrected chi connectivity index (χ1v) is 15.3. The van der Waals surface area contributed by atoms with Crippen LogP contribution in [0.15, 0.2) is 72.8 Å². The summed E-state index contributed by atoms with van der Waals surface area (Å²) in [5.74, 6) is 1.66. The Morgan fingerprint density at radius 2 is 1.74 bits per heavy atom. The molecule has 4 aromatic rings. The molecule has 0 fully saturated rings. The number of rotatable bonds is 15. The van der Waals surface area contributed by atoms with Gasteiger partial charge in [0.2, 0.25) is 0 Å². The van der Waals surface area contributed by atoms with E-state index in [2.05, 4.69) is 24.4 Å². The highest BCUT2D eigenvalue weighted by molar-refractivity contribution is 6.32. The Kier molecular flexibility index (Phi) is 11.4. The minimum Gasteiger partial charge on any atom is -0.488 e. The zero-order chi connectivity index (χ0) is 32.3. The number of hydrogen-bond donors (Lipinski definition) is 2. The molecule has 4 aromatic carbocycles. The lowest BCUT2D eigenvalue weighted by atomic mass is 9.96. The highest BCUT2D eigenvalue weighted by atomic mass is 35.5. The minimum absolute atomic E-state index is 0.0374. The van der Waals surface area contributed by atoms with Gasteiger partial charge in [0.1, 0.15) is 37.9 Å². The van der Waals surface area contributed by atoms with Gasteiger partial charge in [-0.15, -0.1) is 0 Å². The molecule has 238 valence electrons. The maximum atomic E-state index is 10.7. The van der Waals surface area contributed by atoms with Crippen molar-refractivity contribution in [2.75, 3.05) is 33.0 Å². The maximum Gasteiger partial charge on any atom is 0.305 e. The molecule has 1 aliphatic heterocycles. The SMILES string of the molecule is Cc1c(COc2cc(OCc3cccc(C#N)c3)c(CNCCOCCC(=O)O)cc2Cl)cccc1-c1ccc2c(c1)OCCO2. The molecule has 0 aliphatic carbocycles. The van der Waals surface area contributed by atoms with Gasteiger partial charge < -0.3 is 34.1 Å². The molecule has 0 amide bonds. The van der Waals surface area contributed by atoms with Crippen LogP contribution in [0, 0.1) is 18.3 Å². The molecule has 1 aliphatic rings. The lowest BCUT2D eigenvalue weighted by Gasteiger charge is -2.20. The standard InChI is InChI=1S/C36H35ClN2O7/c1-24-28(6-3-7-30(24)27-8-9-32-35(18-27)44-15-14-43-32)23-46-34-19-33(45-22-26-5-2-4-25(16-26)20-38)29(17-31(34)37)21-39-11-13-42-12-10-36(40)41/h2-9,16-19,39H,10-15,21-23H2,1H3,(H,40,41). The van der Waals surface area contributed by atoms with Gasteiger partial charge in [-0.25, -0.2) is 0 Å². The number of nitrogens with one attached hydrogen (secondary N) is 1. The first-order chi connectivity index (χ1) is 22.4. The Balaban J connectivity index is 1.30. The van der Waals surface area contributed by atoms with E-state index in [9.17, 15) is 10.1 Å². The monoisotopic (exact) mass is 642 g/mol. The first kappa shape index (κ1) is 32.6. The lowest BCUT2D eigenvalue weighted by molar-refractivity contribution is -0.138. The molecule has 2 N–H and O–H groups in total. The number of halogens is 1. The first-order valence-electron chi connectivity index (χ1n) is 15.0. The van der Waals surface area contributed by atoms with Crippen LogP contribution in [-0.4, -0.2) is 44.0 Å². The number of nitriles is 1. The number of carboxylic acid groups (broad SMARTS) is 1. The molecule has 0 aromatic heterocycles. The van der Waals surface area contributed by atoms with Gasteiger partial charge in [0, 0.05) is 24.7 Å². The van der Waals surface area contributed by atoms with Gasteiger partial charge in [-0.05, 0) is 65.1 Å². The lowest BCUT2D eigenvalue weighted by Crippen LogP contribution is -2.20. The molecule has 0 radical (unpaired) electrons. The Hall–Kier alpha value is -4.75.